The third-order valence-corrected chi connectivity index (χ3v) is 4.34. The van der Waals surface area contributed by atoms with E-state index in [0.717, 1.165) is 6.54 Å². The first kappa shape index (κ1) is 13.0. The molecule has 0 aliphatic carbocycles. The Balaban J connectivity index is 2.31. The minimum Gasteiger partial charge on any atom is -0.330 e. The molecule has 0 aromatic carbocycles. The second-order valence-electron chi connectivity index (χ2n) is 5.47. The second-order valence-corrected chi connectivity index (χ2v) is 5.47. The van der Waals surface area contributed by atoms with Gasteiger partial charge in [0, 0.05) is 6.54 Å². The Labute approximate surface area is 95.2 Å². The fraction of sp³-hybridized carbons (Fsp3) is 1.00. The van der Waals surface area contributed by atoms with Gasteiger partial charge in [0.15, 0.2) is 0 Å². The van der Waals surface area contributed by atoms with Crippen LogP contribution < -0.4 is 5.73 Å². The van der Waals surface area contributed by atoms with Crippen LogP contribution >= 0.6 is 0 Å². The molecule has 1 unspecified atom stereocenters. The summed E-state index contributed by atoms with van der Waals surface area (Å²) in [6.45, 7) is 11.6. The summed E-state index contributed by atoms with van der Waals surface area (Å²) in [5.74, 6) is 0.705. The molecule has 0 aromatic rings. The van der Waals surface area contributed by atoms with Crippen molar-refractivity contribution >= 4 is 0 Å². The first-order valence-electron chi connectivity index (χ1n) is 6.56. The normalized spacial score (nSPS) is 24.0. The molecule has 2 nitrogen and oxygen atoms in total. The first-order valence-corrected chi connectivity index (χ1v) is 6.56. The predicted octanol–water partition coefficient (Wildman–Crippen LogP) is 2.48. The van der Waals surface area contributed by atoms with Crippen LogP contribution in [-0.2, 0) is 0 Å². The molecule has 1 fully saturated rings. The Bertz CT molecular complexity index is 167. The van der Waals surface area contributed by atoms with Gasteiger partial charge in [-0.25, -0.2) is 0 Å². The summed E-state index contributed by atoms with van der Waals surface area (Å²) in [4.78, 5) is 2.61. The van der Waals surface area contributed by atoms with Crippen LogP contribution in [0.1, 0.15) is 46.5 Å². The third-order valence-electron chi connectivity index (χ3n) is 4.34. The van der Waals surface area contributed by atoms with Crippen LogP contribution in [0.3, 0.4) is 0 Å². The Morgan fingerprint density at radius 3 is 2.27 bits per heavy atom. The van der Waals surface area contributed by atoms with E-state index < -0.39 is 0 Å². The molecular weight excluding hydrogens is 184 g/mol. The topological polar surface area (TPSA) is 29.3 Å². The van der Waals surface area contributed by atoms with Crippen LogP contribution in [0.2, 0.25) is 0 Å². The minimum atomic E-state index is 0.612. The largest absolute Gasteiger partial charge is 0.330 e. The van der Waals surface area contributed by atoms with Gasteiger partial charge in [-0.05, 0) is 43.8 Å². The van der Waals surface area contributed by atoms with Crippen molar-refractivity contribution < 1.29 is 0 Å². The molecule has 0 saturated carbocycles. The Morgan fingerprint density at radius 1 is 1.27 bits per heavy atom. The highest BCUT2D eigenvalue weighted by Gasteiger charge is 2.28. The standard InChI is InChI=1S/C13H28N2/c1-4-12(10-14)11-15-8-6-13(3,5-2)7-9-15/h12H,4-11,14H2,1-3H3. The molecule has 2 heteroatoms. The zero-order valence-electron chi connectivity index (χ0n) is 10.8. The molecule has 1 aliphatic rings. The van der Waals surface area contributed by atoms with Crippen molar-refractivity contribution in [2.45, 2.75) is 46.5 Å². The Hall–Kier alpha value is -0.0800. The summed E-state index contributed by atoms with van der Waals surface area (Å²) in [5.41, 5.74) is 6.37. The van der Waals surface area contributed by atoms with E-state index in [1.54, 1.807) is 0 Å². The lowest BCUT2D eigenvalue weighted by Gasteiger charge is -2.40. The van der Waals surface area contributed by atoms with Gasteiger partial charge in [-0.3, -0.25) is 0 Å². The van der Waals surface area contributed by atoms with Crippen molar-refractivity contribution in [1.82, 2.24) is 4.90 Å². The number of nitrogens with zero attached hydrogens (tertiary/aromatic N) is 1. The highest BCUT2D eigenvalue weighted by molar-refractivity contribution is 4.82. The van der Waals surface area contributed by atoms with Gasteiger partial charge in [0.05, 0.1) is 0 Å². The molecule has 0 radical (unpaired) electrons. The van der Waals surface area contributed by atoms with E-state index in [1.807, 2.05) is 0 Å². The summed E-state index contributed by atoms with van der Waals surface area (Å²) in [6, 6.07) is 0. The van der Waals surface area contributed by atoms with Gasteiger partial charge in [0.2, 0.25) is 0 Å². The van der Waals surface area contributed by atoms with E-state index in [4.69, 9.17) is 5.73 Å². The lowest BCUT2D eigenvalue weighted by atomic mass is 9.78. The van der Waals surface area contributed by atoms with Crippen LogP contribution in [0.5, 0.6) is 0 Å². The second kappa shape index (κ2) is 5.86. The van der Waals surface area contributed by atoms with Crippen LogP contribution in [0.25, 0.3) is 0 Å². The lowest BCUT2D eigenvalue weighted by molar-refractivity contribution is 0.101. The summed E-state index contributed by atoms with van der Waals surface area (Å²) < 4.78 is 0. The lowest BCUT2D eigenvalue weighted by Crippen LogP contribution is -2.41. The number of likely N-dealkylation sites (tertiary alicyclic amines) is 1. The maximum Gasteiger partial charge on any atom is 0.00216 e. The van der Waals surface area contributed by atoms with Gasteiger partial charge in [0.25, 0.3) is 0 Å². The van der Waals surface area contributed by atoms with E-state index in [-0.39, 0.29) is 0 Å². The molecule has 1 rings (SSSR count). The number of rotatable bonds is 5. The summed E-state index contributed by atoms with van der Waals surface area (Å²) in [6.07, 6.45) is 5.28. The Kier molecular flexibility index (Phi) is 5.07. The fourth-order valence-electron chi connectivity index (χ4n) is 2.36. The quantitative estimate of drug-likeness (QED) is 0.758. The zero-order chi connectivity index (χ0) is 11.3. The molecule has 1 aliphatic heterocycles. The number of hydrogen-bond acceptors (Lipinski definition) is 2. The van der Waals surface area contributed by atoms with Crippen molar-refractivity contribution in [1.29, 1.82) is 0 Å². The van der Waals surface area contributed by atoms with Gasteiger partial charge in [-0.1, -0.05) is 33.6 Å². The predicted molar refractivity (Wildman–Crippen MR) is 66.9 cm³/mol. The smallest absolute Gasteiger partial charge is 0.00216 e. The molecule has 2 N–H and O–H groups in total. The Morgan fingerprint density at radius 2 is 1.87 bits per heavy atom. The molecule has 0 bridgehead atoms. The maximum absolute atomic E-state index is 5.75. The van der Waals surface area contributed by atoms with E-state index >= 15 is 0 Å². The van der Waals surface area contributed by atoms with Crippen molar-refractivity contribution in [2.75, 3.05) is 26.2 Å². The zero-order valence-corrected chi connectivity index (χ0v) is 10.8. The average molecular weight is 212 g/mol. The molecule has 1 heterocycles. The first-order chi connectivity index (χ1) is 7.13. The fourth-order valence-corrected chi connectivity index (χ4v) is 2.36. The number of hydrogen-bond donors (Lipinski definition) is 1. The van der Waals surface area contributed by atoms with Crippen molar-refractivity contribution in [2.24, 2.45) is 17.1 Å². The van der Waals surface area contributed by atoms with E-state index in [9.17, 15) is 0 Å². The van der Waals surface area contributed by atoms with Crippen LogP contribution in [-0.4, -0.2) is 31.1 Å². The van der Waals surface area contributed by atoms with Gasteiger partial charge >= 0.3 is 0 Å². The molecular formula is C13H28N2. The SMILES string of the molecule is CCC(CN)CN1CCC(C)(CC)CC1. The van der Waals surface area contributed by atoms with E-state index in [1.165, 1.54) is 45.3 Å². The van der Waals surface area contributed by atoms with Gasteiger partial charge in [-0.15, -0.1) is 0 Å². The molecule has 90 valence electrons. The number of piperidine rings is 1. The molecule has 1 saturated heterocycles. The maximum atomic E-state index is 5.75. The highest BCUT2D eigenvalue weighted by atomic mass is 15.1. The molecule has 0 spiro atoms. The van der Waals surface area contributed by atoms with Gasteiger partial charge in [-0.2, -0.15) is 0 Å². The van der Waals surface area contributed by atoms with Gasteiger partial charge in [0.1, 0.15) is 0 Å². The van der Waals surface area contributed by atoms with Crippen molar-refractivity contribution in [3.05, 3.63) is 0 Å². The molecule has 15 heavy (non-hydrogen) atoms. The van der Waals surface area contributed by atoms with Crippen LogP contribution in [0, 0.1) is 11.3 Å². The number of nitrogens with two attached hydrogens (primary N) is 1. The van der Waals surface area contributed by atoms with Crippen LogP contribution in [0.4, 0.5) is 0 Å². The van der Waals surface area contributed by atoms with Gasteiger partial charge < -0.3 is 10.6 Å². The van der Waals surface area contributed by atoms with Crippen molar-refractivity contribution in [3.63, 3.8) is 0 Å². The summed E-state index contributed by atoms with van der Waals surface area (Å²) in [7, 11) is 0. The van der Waals surface area contributed by atoms with Crippen LogP contribution in [0.15, 0.2) is 0 Å². The molecule has 0 amide bonds. The average Bonchev–Trinajstić information content (AvgIpc) is 2.28. The highest BCUT2D eigenvalue weighted by Crippen LogP contribution is 2.34. The summed E-state index contributed by atoms with van der Waals surface area (Å²) in [5, 5.41) is 0. The molecule has 0 aromatic heterocycles. The minimum absolute atomic E-state index is 0.612. The third kappa shape index (κ3) is 3.76. The van der Waals surface area contributed by atoms with E-state index in [0.29, 0.717) is 11.3 Å². The summed E-state index contributed by atoms with van der Waals surface area (Å²) >= 11 is 0. The molecule has 1 atom stereocenters. The van der Waals surface area contributed by atoms with Crippen molar-refractivity contribution in [3.8, 4) is 0 Å². The van der Waals surface area contributed by atoms with E-state index in [2.05, 4.69) is 25.7 Å². The monoisotopic (exact) mass is 212 g/mol.